The molecule has 1 heterocycles. The van der Waals surface area contributed by atoms with E-state index in [9.17, 15) is 0 Å². The van der Waals surface area contributed by atoms with Gasteiger partial charge in [0.1, 0.15) is 5.01 Å². The van der Waals surface area contributed by atoms with Crippen LogP contribution in [0.1, 0.15) is 48.7 Å². The van der Waals surface area contributed by atoms with Crippen LogP contribution in [0.25, 0.3) is 0 Å². The van der Waals surface area contributed by atoms with E-state index >= 15 is 0 Å². The molecule has 1 aromatic rings. The Kier molecular flexibility index (Phi) is 2.86. The summed E-state index contributed by atoms with van der Waals surface area (Å²) >= 11 is 1.78. The summed E-state index contributed by atoms with van der Waals surface area (Å²) in [6.07, 6.45) is 4.83. The van der Waals surface area contributed by atoms with Gasteiger partial charge in [0.05, 0.1) is 11.2 Å². The maximum Gasteiger partial charge on any atom is 0.113 e. The molecule has 3 heteroatoms. The zero-order valence-electron chi connectivity index (χ0n) is 9.84. The van der Waals surface area contributed by atoms with E-state index in [1.165, 1.54) is 23.4 Å². The minimum absolute atomic E-state index is 0.204. The van der Waals surface area contributed by atoms with E-state index in [-0.39, 0.29) is 5.54 Å². The van der Waals surface area contributed by atoms with Crippen LogP contribution in [0.5, 0.6) is 0 Å². The number of nitrogens with zero attached hydrogens (tertiary/aromatic N) is 1. The summed E-state index contributed by atoms with van der Waals surface area (Å²) in [6, 6.07) is 0. The number of rotatable bonds is 4. The Morgan fingerprint density at radius 2 is 2.20 bits per heavy atom. The van der Waals surface area contributed by atoms with Gasteiger partial charge < -0.3 is 5.73 Å². The molecule has 1 unspecified atom stereocenters. The van der Waals surface area contributed by atoms with Crippen molar-refractivity contribution in [2.75, 3.05) is 0 Å². The fourth-order valence-corrected chi connectivity index (χ4v) is 3.08. The van der Waals surface area contributed by atoms with E-state index in [0.29, 0.717) is 0 Å². The summed E-state index contributed by atoms with van der Waals surface area (Å²) in [5, 5.41) is 1.13. The Hall–Kier alpha value is -0.410. The molecule has 15 heavy (non-hydrogen) atoms. The minimum Gasteiger partial charge on any atom is -0.320 e. The quantitative estimate of drug-likeness (QED) is 0.854. The number of hydrogen-bond acceptors (Lipinski definition) is 3. The topological polar surface area (TPSA) is 38.9 Å². The smallest absolute Gasteiger partial charge is 0.113 e. The molecule has 0 saturated heterocycles. The normalized spacial score (nSPS) is 20.3. The average Bonchev–Trinajstić information content (AvgIpc) is 2.86. The van der Waals surface area contributed by atoms with Gasteiger partial charge >= 0.3 is 0 Å². The lowest BCUT2D eigenvalue weighted by molar-refractivity contribution is 0.421. The molecule has 0 bridgehead atoms. The molecular weight excluding hydrogens is 204 g/mol. The second-order valence-corrected chi connectivity index (χ2v) is 6.14. The number of nitrogens with two attached hydrogens (primary N) is 1. The van der Waals surface area contributed by atoms with E-state index in [0.717, 1.165) is 23.8 Å². The highest BCUT2D eigenvalue weighted by atomic mass is 32.1. The Morgan fingerprint density at radius 1 is 1.53 bits per heavy atom. The second-order valence-electron chi connectivity index (χ2n) is 4.94. The van der Waals surface area contributed by atoms with Crippen LogP contribution in [-0.2, 0) is 12.0 Å². The molecule has 1 fully saturated rings. The third kappa shape index (κ3) is 2.40. The Bertz CT molecular complexity index is 351. The van der Waals surface area contributed by atoms with Crippen molar-refractivity contribution in [3.8, 4) is 0 Å². The predicted molar refractivity (Wildman–Crippen MR) is 65.1 cm³/mol. The van der Waals surface area contributed by atoms with Crippen molar-refractivity contribution in [1.29, 1.82) is 0 Å². The van der Waals surface area contributed by atoms with Crippen LogP contribution in [0.2, 0.25) is 0 Å². The highest BCUT2D eigenvalue weighted by molar-refractivity contribution is 7.11. The van der Waals surface area contributed by atoms with Crippen molar-refractivity contribution in [3.05, 3.63) is 15.6 Å². The summed E-state index contributed by atoms with van der Waals surface area (Å²) in [5.74, 6) is 0.856. The van der Waals surface area contributed by atoms with Gasteiger partial charge in [-0.2, -0.15) is 0 Å². The summed E-state index contributed by atoms with van der Waals surface area (Å²) in [4.78, 5) is 6.01. The van der Waals surface area contributed by atoms with Crippen LogP contribution in [0, 0.1) is 12.8 Å². The van der Waals surface area contributed by atoms with Crippen molar-refractivity contribution < 1.29 is 0 Å². The Morgan fingerprint density at radius 3 is 2.67 bits per heavy atom. The van der Waals surface area contributed by atoms with Crippen LogP contribution in [0.3, 0.4) is 0 Å². The van der Waals surface area contributed by atoms with Crippen molar-refractivity contribution in [2.24, 2.45) is 11.7 Å². The van der Waals surface area contributed by atoms with Crippen molar-refractivity contribution in [3.63, 3.8) is 0 Å². The molecule has 84 valence electrons. The standard InChI is InChI=1S/C12H20N2S/c1-4-10-8(2)15-11(14-10)12(3,13)7-9-5-6-9/h9H,4-7,13H2,1-3H3. The molecule has 1 atom stereocenters. The summed E-state index contributed by atoms with van der Waals surface area (Å²) in [7, 11) is 0. The third-order valence-corrected chi connectivity index (χ3v) is 4.42. The predicted octanol–water partition coefficient (Wildman–Crippen LogP) is 2.99. The van der Waals surface area contributed by atoms with Crippen LogP contribution in [0.4, 0.5) is 0 Å². The molecule has 2 nitrogen and oxygen atoms in total. The molecule has 0 aromatic carbocycles. The average molecular weight is 224 g/mol. The molecule has 0 radical (unpaired) electrons. The molecule has 0 amide bonds. The van der Waals surface area contributed by atoms with Gasteiger partial charge in [-0.15, -0.1) is 11.3 Å². The van der Waals surface area contributed by atoms with Gasteiger partial charge in [0.15, 0.2) is 0 Å². The summed E-state index contributed by atoms with van der Waals surface area (Å²) < 4.78 is 0. The Labute approximate surface area is 95.9 Å². The van der Waals surface area contributed by atoms with Crippen LogP contribution < -0.4 is 5.73 Å². The molecular formula is C12H20N2S. The first kappa shape index (κ1) is 11.1. The molecule has 0 spiro atoms. The third-order valence-electron chi connectivity index (χ3n) is 3.13. The lowest BCUT2D eigenvalue weighted by Crippen LogP contribution is -2.33. The van der Waals surface area contributed by atoms with E-state index in [1.807, 2.05) is 0 Å². The zero-order chi connectivity index (χ0) is 11.1. The van der Waals surface area contributed by atoms with Gasteiger partial charge in [-0.3, -0.25) is 0 Å². The first-order chi connectivity index (χ1) is 7.03. The number of aromatic nitrogens is 1. The second kappa shape index (κ2) is 3.87. The number of thiazole rings is 1. The van der Waals surface area contributed by atoms with Crippen LogP contribution in [0.15, 0.2) is 0 Å². The molecule has 1 saturated carbocycles. The van der Waals surface area contributed by atoms with E-state index in [2.05, 4.69) is 25.8 Å². The molecule has 1 aliphatic rings. The summed E-state index contributed by atoms with van der Waals surface area (Å²) in [6.45, 7) is 6.43. The van der Waals surface area contributed by atoms with E-state index in [1.54, 1.807) is 11.3 Å². The number of hydrogen-bond donors (Lipinski definition) is 1. The lowest BCUT2D eigenvalue weighted by atomic mass is 9.97. The van der Waals surface area contributed by atoms with Gasteiger partial charge in [0, 0.05) is 4.88 Å². The van der Waals surface area contributed by atoms with Crippen LogP contribution >= 0.6 is 11.3 Å². The summed E-state index contributed by atoms with van der Waals surface area (Å²) in [5.41, 5.74) is 7.38. The minimum atomic E-state index is -0.204. The van der Waals surface area contributed by atoms with Gasteiger partial charge in [0.2, 0.25) is 0 Å². The maximum absolute atomic E-state index is 6.36. The first-order valence-corrected chi connectivity index (χ1v) is 6.60. The molecule has 2 rings (SSSR count). The maximum atomic E-state index is 6.36. The van der Waals surface area contributed by atoms with Gasteiger partial charge in [-0.05, 0) is 32.6 Å². The van der Waals surface area contributed by atoms with Crippen molar-refractivity contribution >= 4 is 11.3 Å². The SMILES string of the molecule is CCc1nc(C(C)(N)CC2CC2)sc1C. The monoisotopic (exact) mass is 224 g/mol. The van der Waals surface area contributed by atoms with Crippen molar-refractivity contribution in [1.82, 2.24) is 4.98 Å². The Balaban J connectivity index is 2.18. The van der Waals surface area contributed by atoms with Gasteiger partial charge in [-0.1, -0.05) is 19.8 Å². The highest BCUT2D eigenvalue weighted by Gasteiger charge is 2.34. The van der Waals surface area contributed by atoms with Crippen LogP contribution in [-0.4, -0.2) is 4.98 Å². The fourth-order valence-electron chi connectivity index (χ4n) is 2.01. The zero-order valence-corrected chi connectivity index (χ0v) is 10.7. The largest absolute Gasteiger partial charge is 0.320 e. The van der Waals surface area contributed by atoms with Gasteiger partial charge in [0.25, 0.3) is 0 Å². The molecule has 1 aromatic heterocycles. The van der Waals surface area contributed by atoms with Gasteiger partial charge in [-0.25, -0.2) is 4.98 Å². The highest BCUT2D eigenvalue weighted by Crippen LogP contribution is 2.40. The fraction of sp³-hybridized carbons (Fsp3) is 0.750. The van der Waals surface area contributed by atoms with E-state index in [4.69, 9.17) is 5.73 Å². The van der Waals surface area contributed by atoms with E-state index < -0.39 is 0 Å². The number of aryl methyl sites for hydroxylation is 2. The van der Waals surface area contributed by atoms with Crippen molar-refractivity contribution in [2.45, 2.75) is 52.0 Å². The molecule has 0 aliphatic heterocycles. The molecule has 1 aliphatic carbocycles. The lowest BCUT2D eigenvalue weighted by Gasteiger charge is -2.21. The first-order valence-electron chi connectivity index (χ1n) is 5.78. The molecule has 2 N–H and O–H groups in total.